The highest BCUT2D eigenvalue weighted by molar-refractivity contribution is 5.93. The Bertz CT molecular complexity index is 655. The molecule has 21 heavy (non-hydrogen) atoms. The van der Waals surface area contributed by atoms with Crippen LogP contribution in [0.1, 0.15) is 25.0 Å². The standard InChI is InChI=1S/C17H18N2O2/c1-12-8-15-9-16(10-18-17(15)19(12)13(2)20)21-11-14-6-4-3-5-7-14/h3-7,9-10,12H,8,11H2,1-2H3. The molecule has 0 saturated heterocycles. The second-order valence-corrected chi connectivity index (χ2v) is 5.37. The zero-order chi connectivity index (χ0) is 14.8. The van der Waals surface area contributed by atoms with Crippen LogP contribution in [-0.4, -0.2) is 16.9 Å². The van der Waals surface area contributed by atoms with E-state index in [4.69, 9.17) is 4.74 Å². The summed E-state index contributed by atoms with van der Waals surface area (Å²) >= 11 is 0. The van der Waals surface area contributed by atoms with Crippen LogP contribution in [0, 0.1) is 0 Å². The maximum absolute atomic E-state index is 11.7. The smallest absolute Gasteiger partial charge is 0.225 e. The Morgan fingerprint density at radius 3 is 2.86 bits per heavy atom. The Kier molecular flexibility index (Phi) is 3.60. The molecule has 0 N–H and O–H groups in total. The van der Waals surface area contributed by atoms with Gasteiger partial charge in [-0.1, -0.05) is 30.3 Å². The third kappa shape index (κ3) is 2.75. The highest BCUT2D eigenvalue weighted by Crippen LogP contribution is 2.32. The molecule has 1 aliphatic rings. The van der Waals surface area contributed by atoms with Crippen LogP contribution in [0.3, 0.4) is 0 Å². The number of ether oxygens (including phenoxy) is 1. The summed E-state index contributed by atoms with van der Waals surface area (Å²) in [4.78, 5) is 17.8. The van der Waals surface area contributed by atoms with Crippen molar-refractivity contribution in [2.45, 2.75) is 32.9 Å². The van der Waals surface area contributed by atoms with Crippen molar-refractivity contribution in [3.63, 3.8) is 0 Å². The van der Waals surface area contributed by atoms with Gasteiger partial charge in [-0.05, 0) is 25.0 Å². The van der Waals surface area contributed by atoms with Gasteiger partial charge >= 0.3 is 0 Å². The molecule has 0 fully saturated rings. The number of fused-ring (bicyclic) bond motifs is 1. The number of hydrogen-bond acceptors (Lipinski definition) is 3. The highest BCUT2D eigenvalue weighted by Gasteiger charge is 2.30. The molecule has 0 saturated carbocycles. The lowest BCUT2D eigenvalue weighted by Crippen LogP contribution is -2.34. The zero-order valence-corrected chi connectivity index (χ0v) is 12.2. The number of anilines is 1. The van der Waals surface area contributed by atoms with Gasteiger partial charge in [-0.3, -0.25) is 9.69 Å². The summed E-state index contributed by atoms with van der Waals surface area (Å²) in [6.07, 6.45) is 2.51. The number of rotatable bonds is 3. The van der Waals surface area contributed by atoms with Gasteiger partial charge in [0.1, 0.15) is 18.2 Å². The average molecular weight is 282 g/mol. The lowest BCUT2D eigenvalue weighted by molar-refractivity contribution is -0.116. The average Bonchev–Trinajstić information content (AvgIpc) is 2.81. The molecule has 0 spiro atoms. The van der Waals surface area contributed by atoms with E-state index in [-0.39, 0.29) is 11.9 Å². The Morgan fingerprint density at radius 2 is 2.14 bits per heavy atom. The number of hydrogen-bond donors (Lipinski definition) is 0. The van der Waals surface area contributed by atoms with Gasteiger partial charge in [-0.25, -0.2) is 4.98 Å². The van der Waals surface area contributed by atoms with Crippen LogP contribution in [0.4, 0.5) is 5.82 Å². The van der Waals surface area contributed by atoms with E-state index in [1.54, 1.807) is 18.0 Å². The first-order valence-corrected chi connectivity index (χ1v) is 7.10. The van der Waals surface area contributed by atoms with Crippen molar-refractivity contribution in [3.8, 4) is 5.75 Å². The number of aromatic nitrogens is 1. The van der Waals surface area contributed by atoms with Gasteiger partial charge in [-0.2, -0.15) is 0 Å². The fourth-order valence-corrected chi connectivity index (χ4v) is 2.75. The third-order valence-corrected chi connectivity index (χ3v) is 3.69. The second-order valence-electron chi connectivity index (χ2n) is 5.37. The number of benzene rings is 1. The normalized spacial score (nSPS) is 16.7. The van der Waals surface area contributed by atoms with Crippen LogP contribution in [-0.2, 0) is 17.8 Å². The maximum Gasteiger partial charge on any atom is 0.225 e. The van der Waals surface area contributed by atoms with E-state index in [0.29, 0.717) is 6.61 Å². The summed E-state index contributed by atoms with van der Waals surface area (Å²) in [5, 5.41) is 0. The van der Waals surface area contributed by atoms with Gasteiger partial charge < -0.3 is 4.74 Å². The number of pyridine rings is 1. The zero-order valence-electron chi connectivity index (χ0n) is 12.2. The minimum atomic E-state index is 0.0340. The lowest BCUT2D eigenvalue weighted by Gasteiger charge is -2.19. The topological polar surface area (TPSA) is 42.4 Å². The fraction of sp³-hybridized carbons (Fsp3) is 0.294. The Hall–Kier alpha value is -2.36. The van der Waals surface area contributed by atoms with E-state index >= 15 is 0 Å². The van der Waals surface area contributed by atoms with Crippen LogP contribution in [0.5, 0.6) is 5.75 Å². The number of amides is 1. The van der Waals surface area contributed by atoms with Gasteiger partial charge in [0.2, 0.25) is 5.91 Å². The molecule has 4 nitrogen and oxygen atoms in total. The summed E-state index contributed by atoms with van der Waals surface area (Å²) in [6.45, 7) is 4.13. The summed E-state index contributed by atoms with van der Waals surface area (Å²) in [6, 6.07) is 12.2. The molecule has 0 aliphatic carbocycles. The van der Waals surface area contributed by atoms with Crippen LogP contribution >= 0.6 is 0 Å². The van der Waals surface area contributed by atoms with Gasteiger partial charge in [-0.15, -0.1) is 0 Å². The molecule has 1 atom stereocenters. The monoisotopic (exact) mass is 282 g/mol. The van der Waals surface area contributed by atoms with Gasteiger partial charge in [0.05, 0.1) is 6.20 Å². The number of nitrogens with zero attached hydrogens (tertiary/aromatic N) is 2. The summed E-state index contributed by atoms with van der Waals surface area (Å²) in [5.74, 6) is 1.55. The SMILES string of the molecule is CC(=O)N1c2ncc(OCc3ccccc3)cc2CC1C. The quantitative estimate of drug-likeness (QED) is 0.869. The fourth-order valence-electron chi connectivity index (χ4n) is 2.75. The summed E-state index contributed by atoms with van der Waals surface area (Å²) in [7, 11) is 0. The van der Waals surface area contributed by atoms with E-state index < -0.39 is 0 Å². The first kappa shape index (κ1) is 13.6. The van der Waals surface area contributed by atoms with E-state index in [9.17, 15) is 4.79 Å². The molecule has 0 bridgehead atoms. The van der Waals surface area contributed by atoms with Crippen molar-refractivity contribution < 1.29 is 9.53 Å². The van der Waals surface area contributed by atoms with Crippen LogP contribution in [0.15, 0.2) is 42.6 Å². The number of carbonyl (C=O) groups is 1. The maximum atomic E-state index is 11.7. The molecule has 1 aliphatic heterocycles. The molecule has 1 aromatic heterocycles. The molecule has 1 aromatic carbocycles. The molecule has 3 rings (SSSR count). The van der Waals surface area contributed by atoms with Crippen molar-refractivity contribution in [2.24, 2.45) is 0 Å². The summed E-state index contributed by atoms with van der Waals surface area (Å²) < 4.78 is 5.78. The second kappa shape index (κ2) is 5.56. The van der Waals surface area contributed by atoms with Gasteiger partial charge in [0.25, 0.3) is 0 Å². The molecule has 108 valence electrons. The van der Waals surface area contributed by atoms with Crippen LogP contribution < -0.4 is 9.64 Å². The molecule has 4 heteroatoms. The molecule has 1 amide bonds. The van der Waals surface area contributed by atoms with E-state index in [1.165, 1.54) is 0 Å². The Balaban J connectivity index is 1.76. The van der Waals surface area contributed by atoms with Crippen molar-refractivity contribution in [2.75, 3.05) is 4.90 Å². The Labute approximate surface area is 124 Å². The van der Waals surface area contributed by atoms with E-state index in [0.717, 1.165) is 29.1 Å². The van der Waals surface area contributed by atoms with Crippen molar-refractivity contribution in [1.29, 1.82) is 0 Å². The van der Waals surface area contributed by atoms with E-state index in [2.05, 4.69) is 4.98 Å². The first-order chi connectivity index (χ1) is 10.1. The van der Waals surface area contributed by atoms with E-state index in [1.807, 2.05) is 43.3 Å². The van der Waals surface area contributed by atoms with Gasteiger partial charge in [0.15, 0.2) is 0 Å². The largest absolute Gasteiger partial charge is 0.487 e. The Morgan fingerprint density at radius 1 is 1.38 bits per heavy atom. The molecule has 2 aromatic rings. The molecule has 0 radical (unpaired) electrons. The molecule has 1 unspecified atom stereocenters. The minimum Gasteiger partial charge on any atom is -0.487 e. The predicted octanol–water partition coefficient (Wildman–Crippen LogP) is 2.96. The van der Waals surface area contributed by atoms with Crippen molar-refractivity contribution in [1.82, 2.24) is 4.98 Å². The van der Waals surface area contributed by atoms with Crippen LogP contribution in [0.2, 0.25) is 0 Å². The molecule has 2 heterocycles. The first-order valence-electron chi connectivity index (χ1n) is 7.10. The lowest BCUT2D eigenvalue weighted by atomic mass is 10.1. The van der Waals surface area contributed by atoms with Crippen molar-refractivity contribution in [3.05, 3.63) is 53.7 Å². The van der Waals surface area contributed by atoms with Crippen LogP contribution in [0.25, 0.3) is 0 Å². The minimum absolute atomic E-state index is 0.0340. The predicted molar refractivity (Wildman–Crippen MR) is 81.3 cm³/mol. The van der Waals surface area contributed by atoms with Crippen molar-refractivity contribution >= 4 is 11.7 Å². The third-order valence-electron chi connectivity index (χ3n) is 3.69. The number of carbonyl (C=O) groups excluding carboxylic acids is 1. The molecular formula is C17H18N2O2. The summed E-state index contributed by atoms with van der Waals surface area (Å²) in [5.41, 5.74) is 2.19. The molecular weight excluding hydrogens is 264 g/mol. The van der Waals surface area contributed by atoms with Gasteiger partial charge in [0, 0.05) is 18.5 Å². The highest BCUT2D eigenvalue weighted by atomic mass is 16.5.